The average Bonchev–Trinajstić information content (AvgIpc) is 2.68. The molecule has 0 radical (unpaired) electrons. The zero-order valence-corrected chi connectivity index (χ0v) is 15.5. The van der Waals surface area contributed by atoms with Crippen LogP contribution in [-0.2, 0) is 25.5 Å². The number of hydrogen-bond acceptors (Lipinski definition) is 5. The van der Waals surface area contributed by atoms with Gasteiger partial charge in [-0.25, -0.2) is 0 Å². The Morgan fingerprint density at radius 3 is 2.36 bits per heavy atom. The van der Waals surface area contributed by atoms with E-state index in [0.717, 1.165) is 11.1 Å². The van der Waals surface area contributed by atoms with Gasteiger partial charge in [-0.2, -0.15) is 5.26 Å². The van der Waals surface area contributed by atoms with Crippen molar-refractivity contribution in [2.75, 3.05) is 11.9 Å². The van der Waals surface area contributed by atoms with E-state index in [1.165, 1.54) is 6.92 Å². The second kappa shape index (κ2) is 10.5. The minimum atomic E-state index is -0.595. The number of esters is 1. The highest BCUT2D eigenvalue weighted by atomic mass is 16.5. The lowest BCUT2D eigenvalue weighted by Gasteiger charge is -2.17. The van der Waals surface area contributed by atoms with Gasteiger partial charge in [0.15, 0.2) is 6.61 Å². The van der Waals surface area contributed by atoms with E-state index < -0.39 is 24.5 Å². The topological polar surface area (TPSA) is 108 Å². The number of hydrogen-bond donors (Lipinski definition) is 2. The third-order valence-electron chi connectivity index (χ3n) is 3.84. The lowest BCUT2D eigenvalue weighted by Crippen LogP contribution is -2.29. The summed E-state index contributed by atoms with van der Waals surface area (Å²) in [5.41, 5.74) is 2.16. The Bertz CT molecular complexity index is 857. The molecule has 144 valence electrons. The number of ether oxygens (including phenoxy) is 1. The van der Waals surface area contributed by atoms with E-state index in [2.05, 4.69) is 10.6 Å². The van der Waals surface area contributed by atoms with Gasteiger partial charge < -0.3 is 15.4 Å². The highest BCUT2D eigenvalue weighted by Crippen LogP contribution is 2.17. The normalized spacial score (nSPS) is 11.0. The van der Waals surface area contributed by atoms with Gasteiger partial charge in [0.2, 0.25) is 5.91 Å². The van der Waals surface area contributed by atoms with E-state index >= 15 is 0 Å². The molecule has 0 aliphatic rings. The zero-order valence-electron chi connectivity index (χ0n) is 15.5. The van der Waals surface area contributed by atoms with E-state index in [9.17, 15) is 14.4 Å². The smallest absolute Gasteiger partial charge is 0.308 e. The van der Waals surface area contributed by atoms with Gasteiger partial charge in [-0.15, -0.1) is 0 Å². The molecular formula is C21H21N3O4. The van der Waals surface area contributed by atoms with Crippen LogP contribution < -0.4 is 10.6 Å². The molecule has 2 amide bonds. The number of nitriles is 1. The van der Waals surface area contributed by atoms with Gasteiger partial charge in [0.1, 0.15) is 0 Å². The molecule has 7 nitrogen and oxygen atoms in total. The predicted molar refractivity (Wildman–Crippen MR) is 103 cm³/mol. The number of benzene rings is 2. The second-order valence-electron chi connectivity index (χ2n) is 6.11. The Morgan fingerprint density at radius 1 is 1.07 bits per heavy atom. The molecule has 0 spiro atoms. The number of amides is 2. The van der Waals surface area contributed by atoms with Crippen LogP contribution in [0.1, 0.15) is 30.5 Å². The van der Waals surface area contributed by atoms with Crippen molar-refractivity contribution >= 4 is 23.5 Å². The second-order valence-corrected chi connectivity index (χ2v) is 6.11. The van der Waals surface area contributed by atoms with Crippen LogP contribution in [0.2, 0.25) is 0 Å². The predicted octanol–water partition coefficient (Wildman–Crippen LogP) is 2.50. The maximum absolute atomic E-state index is 12.1. The number of nitrogens with zero attached hydrogens (tertiary/aromatic N) is 1. The molecule has 2 aromatic rings. The molecule has 0 aliphatic heterocycles. The molecule has 0 aromatic heterocycles. The first-order valence-corrected chi connectivity index (χ1v) is 8.71. The molecule has 28 heavy (non-hydrogen) atoms. The first kappa shape index (κ1) is 20.6. The molecule has 2 rings (SSSR count). The van der Waals surface area contributed by atoms with Crippen molar-refractivity contribution in [3.63, 3.8) is 0 Å². The Labute approximate surface area is 163 Å². The van der Waals surface area contributed by atoms with Crippen LogP contribution in [0.4, 0.5) is 5.69 Å². The number of anilines is 1. The summed E-state index contributed by atoms with van der Waals surface area (Å²) in [6.07, 6.45) is 0.211. The van der Waals surface area contributed by atoms with Crippen LogP contribution in [0.15, 0.2) is 54.6 Å². The lowest BCUT2D eigenvalue weighted by atomic mass is 10.0. The zero-order chi connectivity index (χ0) is 20.4. The van der Waals surface area contributed by atoms with Crippen LogP contribution in [-0.4, -0.2) is 24.4 Å². The first-order chi connectivity index (χ1) is 13.5. The molecule has 0 saturated heterocycles. The summed E-state index contributed by atoms with van der Waals surface area (Å²) in [7, 11) is 0. The van der Waals surface area contributed by atoms with E-state index in [-0.39, 0.29) is 12.3 Å². The summed E-state index contributed by atoms with van der Waals surface area (Å²) in [5, 5.41) is 14.0. The standard InChI is InChI=1S/C21H21N3O4/c1-15(25)23-19(17-5-3-2-4-6-17)13-21(27)28-14-20(26)24-18-9-7-16(8-10-18)11-12-22/h2-10,19H,11,13-14H2,1H3,(H,23,25)(H,24,26)/t19-/m1/s1. The third-order valence-corrected chi connectivity index (χ3v) is 3.84. The van der Waals surface area contributed by atoms with Gasteiger partial charge in [0.25, 0.3) is 5.91 Å². The summed E-state index contributed by atoms with van der Waals surface area (Å²) in [6.45, 7) is 0.941. The fourth-order valence-corrected chi connectivity index (χ4v) is 2.55. The maximum atomic E-state index is 12.1. The minimum Gasteiger partial charge on any atom is -0.455 e. The quantitative estimate of drug-likeness (QED) is 0.685. The fourth-order valence-electron chi connectivity index (χ4n) is 2.55. The molecule has 1 atom stereocenters. The maximum Gasteiger partial charge on any atom is 0.308 e. The number of rotatable bonds is 8. The molecule has 0 bridgehead atoms. The van der Waals surface area contributed by atoms with E-state index in [1.54, 1.807) is 36.4 Å². The van der Waals surface area contributed by atoms with E-state index in [0.29, 0.717) is 12.1 Å². The molecule has 0 heterocycles. The Morgan fingerprint density at radius 2 is 1.75 bits per heavy atom. The van der Waals surface area contributed by atoms with Crippen molar-refractivity contribution < 1.29 is 19.1 Å². The van der Waals surface area contributed by atoms with Crippen LogP contribution >= 0.6 is 0 Å². The SMILES string of the molecule is CC(=O)N[C@H](CC(=O)OCC(=O)Nc1ccc(CC#N)cc1)c1ccccc1. The van der Waals surface area contributed by atoms with Crippen molar-refractivity contribution in [3.05, 3.63) is 65.7 Å². The third kappa shape index (κ3) is 6.92. The monoisotopic (exact) mass is 379 g/mol. The van der Waals surface area contributed by atoms with Crippen LogP contribution in [0.3, 0.4) is 0 Å². The largest absolute Gasteiger partial charge is 0.455 e. The minimum absolute atomic E-state index is 0.0836. The van der Waals surface area contributed by atoms with E-state index in [1.807, 2.05) is 24.3 Å². The lowest BCUT2D eigenvalue weighted by molar-refractivity contribution is -0.148. The van der Waals surface area contributed by atoms with Gasteiger partial charge in [-0.3, -0.25) is 14.4 Å². The average molecular weight is 379 g/mol. The molecule has 0 fully saturated rings. The van der Waals surface area contributed by atoms with Crippen LogP contribution in [0, 0.1) is 11.3 Å². The Hall–Kier alpha value is -3.66. The number of carbonyl (C=O) groups is 3. The summed E-state index contributed by atoms with van der Waals surface area (Å²) >= 11 is 0. The first-order valence-electron chi connectivity index (χ1n) is 8.71. The fraction of sp³-hybridized carbons (Fsp3) is 0.238. The Balaban J connectivity index is 1.85. The van der Waals surface area contributed by atoms with Crippen molar-refractivity contribution in [3.8, 4) is 6.07 Å². The van der Waals surface area contributed by atoms with E-state index in [4.69, 9.17) is 10.00 Å². The molecule has 0 aliphatic carbocycles. The van der Waals surface area contributed by atoms with Crippen molar-refractivity contribution in [2.45, 2.75) is 25.8 Å². The highest BCUT2D eigenvalue weighted by molar-refractivity contribution is 5.92. The molecule has 0 unspecified atom stereocenters. The molecule has 0 saturated carbocycles. The van der Waals surface area contributed by atoms with Crippen molar-refractivity contribution in [1.29, 1.82) is 5.26 Å². The molecular weight excluding hydrogens is 358 g/mol. The van der Waals surface area contributed by atoms with Crippen LogP contribution in [0.5, 0.6) is 0 Å². The number of carbonyl (C=O) groups excluding carboxylic acids is 3. The summed E-state index contributed by atoms with van der Waals surface area (Å²) in [5.74, 6) is -1.33. The van der Waals surface area contributed by atoms with Gasteiger partial charge in [0, 0.05) is 12.6 Å². The van der Waals surface area contributed by atoms with Gasteiger partial charge in [-0.1, -0.05) is 42.5 Å². The van der Waals surface area contributed by atoms with Gasteiger partial charge >= 0.3 is 5.97 Å². The Kier molecular flexibility index (Phi) is 7.73. The van der Waals surface area contributed by atoms with Gasteiger partial charge in [0.05, 0.1) is 25.0 Å². The molecule has 2 N–H and O–H groups in total. The van der Waals surface area contributed by atoms with Crippen molar-refractivity contribution in [2.24, 2.45) is 0 Å². The molecule has 2 aromatic carbocycles. The van der Waals surface area contributed by atoms with Crippen molar-refractivity contribution in [1.82, 2.24) is 5.32 Å². The van der Waals surface area contributed by atoms with Gasteiger partial charge in [-0.05, 0) is 23.3 Å². The summed E-state index contributed by atoms with van der Waals surface area (Å²) in [4.78, 5) is 35.4. The summed E-state index contributed by atoms with van der Waals surface area (Å²) in [6, 6.07) is 17.4. The summed E-state index contributed by atoms with van der Waals surface area (Å²) < 4.78 is 5.03. The highest BCUT2D eigenvalue weighted by Gasteiger charge is 2.18. The number of nitrogens with one attached hydrogen (secondary N) is 2. The van der Waals surface area contributed by atoms with Crippen LogP contribution in [0.25, 0.3) is 0 Å². The molecule has 7 heteroatoms.